The SMILES string of the molecule is c1ccc(CCNC(=NCCc2ccco2)NC2CCN(Cc3ccccn3)CC2)cc1. The molecule has 168 valence electrons. The van der Waals surface area contributed by atoms with Crippen LogP contribution in [0, 0.1) is 0 Å². The molecule has 0 aliphatic carbocycles. The lowest BCUT2D eigenvalue weighted by atomic mass is 10.0. The first kappa shape index (κ1) is 22.1. The molecule has 0 spiro atoms. The first-order valence-electron chi connectivity index (χ1n) is 11.6. The van der Waals surface area contributed by atoms with Gasteiger partial charge in [-0.25, -0.2) is 0 Å². The molecular weight excluding hydrogens is 398 g/mol. The Bertz CT molecular complexity index is 919. The molecule has 2 aromatic heterocycles. The summed E-state index contributed by atoms with van der Waals surface area (Å²) in [7, 11) is 0. The number of benzene rings is 1. The molecule has 2 N–H and O–H groups in total. The first-order chi connectivity index (χ1) is 15.8. The lowest BCUT2D eigenvalue weighted by molar-refractivity contribution is 0.196. The fraction of sp³-hybridized carbons (Fsp3) is 0.385. The standard InChI is InChI=1S/C26H33N5O/c1-2-7-22(8-3-1)11-16-28-26(29-17-12-25-10-6-20-32-25)30-23-13-18-31(19-14-23)21-24-9-4-5-15-27-24/h1-10,15,20,23H,11-14,16-19,21H2,(H2,28,29,30). The third-order valence-electron chi connectivity index (χ3n) is 5.80. The minimum atomic E-state index is 0.432. The number of hydrogen-bond donors (Lipinski definition) is 2. The molecule has 6 nitrogen and oxygen atoms in total. The summed E-state index contributed by atoms with van der Waals surface area (Å²) >= 11 is 0. The molecule has 1 aliphatic rings. The van der Waals surface area contributed by atoms with Crippen LogP contribution in [0.1, 0.15) is 29.9 Å². The summed E-state index contributed by atoms with van der Waals surface area (Å²) in [5.41, 5.74) is 2.47. The van der Waals surface area contributed by atoms with Crippen molar-refractivity contribution < 1.29 is 4.42 Å². The largest absolute Gasteiger partial charge is 0.469 e. The van der Waals surface area contributed by atoms with Gasteiger partial charge in [0, 0.05) is 51.4 Å². The lowest BCUT2D eigenvalue weighted by Gasteiger charge is -2.33. The summed E-state index contributed by atoms with van der Waals surface area (Å²) in [5.74, 6) is 1.87. The van der Waals surface area contributed by atoms with Crippen molar-refractivity contribution in [1.29, 1.82) is 0 Å². The summed E-state index contributed by atoms with van der Waals surface area (Å²) in [6, 6.07) is 21.1. The van der Waals surface area contributed by atoms with Crippen LogP contribution in [-0.4, -0.2) is 48.1 Å². The Hall–Kier alpha value is -3.12. The second-order valence-electron chi connectivity index (χ2n) is 8.24. The average Bonchev–Trinajstić information content (AvgIpc) is 3.35. The normalized spacial score (nSPS) is 15.6. The van der Waals surface area contributed by atoms with Crippen LogP contribution in [0.2, 0.25) is 0 Å². The van der Waals surface area contributed by atoms with Crippen LogP contribution in [0.25, 0.3) is 0 Å². The number of nitrogens with zero attached hydrogens (tertiary/aromatic N) is 3. The van der Waals surface area contributed by atoms with Crippen LogP contribution < -0.4 is 10.6 Å². The number of aromatic nitrogens is 1. The summed E-state index contributed by atoms with van der Waals surface area (Å²) in [6.45, 7) is 4.62. The highest BCUT2D eigenvalue weighted by atomic mass is 16.3. The Kier molecular flexibility index (Phi) is 8.32. The van der Waals surface area contributed by atoms with Gasteiger partial charge in [0.25, 0.3) is 0 Å². The number of rotatable bonds is 9. The molecule has 6 heteroatoms. The molecule has 32 heavy (non-hydrogen) atoms. The van der Waals surface area contributed by atoms with Crippen LogP contribution in [0.5, 0.6) is 0 Å². The zero-order valence-electron chi connectivity index (χ0n) is 18.6. The lowest BCUT2D eigenvalue weighted by Crippen LogP contribution is -2.49. The maximum absolute atomic E-state index is 5.44. The second-order valence-corrected chi connectivity index (χ2v) is 8.24. The monoisotopic (exact) mass is 431 g/mol. The highest BCUT2D eigenvalue weighted by molar-refractivity contribution is 5.80. The van der Waals surface area contributed by atoms with Gasteiger partial charge in [-0.3, -0.25) is 14.9 Å². The molecule has 0 unspecified atom stereocenters. The third-order valence-corrected chi connectivity index (χ3v) is 5.80. The number of likely N-dealkylation sites (tertiary alicyclic amines) is 1. The Morgan fingerprint density at radius 1 is 1.00 bits per heavy atom. The van der Waals surface area contributed by atoms with E-state index in [0.29, 0.717) is 12.6 Å². The first-order valence-corrected chi connectivity index (χ1v) is 11.6. The number of piperidine rings is 1. The molecule has 3 aromatic rings. The van der Waals surface area contributed by atoms with Gasteiger partial charge in [0.2, 0.25) is 0 Å². The van der Waals surface area contributed by atoms with Crippen LogP contribution >= 0.6 is 0 Å². The molecule has 1 aliphatic heterocycles. The van der Waals surface area contributed by atoms with Crippen LogP contribution in [0.4, 0.5) is 0 Å². The van der Waals surface area contributed by atoms with Crippen molar-refractivity contribution in [1.82, 2.24) is 20.5 Å². The topological polar surface area (TPSA) is 65.7 Å². The second kappa shape index (κ2) is 12.1. The number of pyridine rings is 1. The number of aliphatic imine (C=N–C) groups is 1. The molecule has 0 amide bonds. The van der Waals surface area contributed by atoms with Crippen molar-refractivity contribution in [2.45, 2.75) is 38.3 Å². The predicted octanol–water partition coefficient (Wildman–Crippen LogP) is 3.66. The van der Waals surface area contributed by atoms with E-state index in [1.165, 1.54) is 5.56 Å². The zero-order chi connectivity index (χ0) is 21.8. The van der Waals surface area contributed by atoms with E-state index in [4.69, 9.17) is 9.41 Å². The van der Waals surface area contributed by atoms with E-state index in [0.717, 1.165) is 69.3 Å². The van der Waals surface area contributed by atoms with E-state index in [1.54, 1.807) is 6.26 Å². The van der Waals surface area contributed by atoms with Crippen LogP contribution in [-0.2, 0) is 19.4 Å². The van der Waals surface area contributed by atoms with Gasteiger partial charge >= 0.3 is 0 Å². The highest BCUT2D eigenvalue weighted by Crippen LogP contribution is 2.13. The van der Waals surface area contributed by atoms with Crippen molar-refractivity contribution >= 4 is 5.96 Å². The number of guanidine groups is 1. The van der Waals surface area contributed by atoms with Gasteiger partial charge in [0.05, 0.1) is 12.0 Å². The molecular formula is C26H33N5O. The minimum Gasteiger partial charge on any atom is -0.469 e. The molecule has 0 saturated carbocycles. The van der Waals surface area contributed by atoms with E-state index in [-0.39, 0.29) is 0 Å². The third kappa shape index (κ3) is 7.24. The van der Waals surface area contributed by atoms with Crippen molar-refractivity contribution in [3.63, 3.8) is 0 Å². The fourth-order valence-electron chi connectivity index (χ4n) is 4.00. The molecule has 4 rings (SSSR count). The maximum Gasteiger partial charge on any atom is 0.191 e. The summed E-state index contributed by atoms with van der Waals surface area (Å²) in [6.07, 6.45) is 7.57. The van der Waals surface area contributed by atoms with Crippen LogP contribution in [0.15, 0.2) is 82.5 Å². The van der Waals surface area contributed by atoms with E-state index in [9.17, 15) is 0 Å². The predicted molar refractivity (Wildman–Crippen MR) is 129 cm³/mol. The van der Waals surface area contributed by atoms with E-state index in [2.05, 4.69) is 63.0 Å². The van der Waals surface area contributed by atoms with Gasteiger partial charge < -0.3 is 15.1 Å². The molecule has 0 atom stereocenters. The smallest absolute Gasteiger partial charge is 0.191 e. The molecule has 1 aromatic carbocycles. The Morgan fingerprint density at radius 3 is 2.59 bits per heavy atom. The summed E-state index contributed by atoms with van der Waals surface area (Å²) < 4.78 is 5.44. The fourth-order valence-corrected chi connectivity index (χ4v) is 4.00. The number of nitrogens with one attached hydrogen (secondary N) is 2. The zero-order valence-corrected chi connectivity index (χ0v) is 18.6. The van der Waals surface area contributed by atoms with Gasteiger partial charge in [0.1, 0.15) is 5.76 Å². The van der Waals surface area contributed by atoms with Gasteiger partial charge in [0.15, 0.2) is 5.96 Å². The molecule has 1 saturated heterocycles. The van der Waals surface area contributed by atoms with Crippen molar-refractivity contribution in [2.24, 2.45) is 4.99 Å². The Balaban J connectivity index is 1.27. The molecule has 3 heterocycles. The Labute approximate surface area is 190 Å². The maximum atomic E-state index is 5.44. The summed E-state index contributed by atoms with van der Waals surface area (Å²) in [5, 5.41) is 7.20. The van der Waals surface area contributed by atoms with E-state index in [1.807, 2.05) is 24.4 Å². The summed E-state index contributed by atoms with van der Waals surface area (Å²) in [4.78, 5) is 11.8. The number of furan rings is 1. The molecule has 0 bridgehead atoms. The van der Waals surface area contributed by atoms with Gasteiger partial charge in [-0.05, 0) is 49.1 Å². The van der Waals surface area contributed by atoms with E-state index < -0.39 is 0 Å². The van der Waals surface area contributed by atoms with Gasteiger partial charge in [-0.2, -0.15) is 0 Å². The highest BCUT2D eigenvalue weighted by Gasteiger charge is 2.20. The van der Waals surface area contributed by atoms with Gasteiger partial charge in [-0.1, -0.05) is 36.4 Å². The minimum absolute atomic E-state index is 0.432. The van der Waals surface area contributed by atoms with Crippen molar-refractivity contribution in [3.8, 4) is 0 Å². The van der Waals surface area contributed by atoms with Crippen molar-refractivity contribution in [3.05, 3.63) is 90.1 Å². The van der Waals surface area contributed by atoms with Gasteiger partial charge in [-0.15, -0.1) is 0 Å². The quantitative estimate of drug-likeness (QED) is 0.400. The number of hydrogen-bond acceptors (Lipinski definition) is 4. The Morgan fingerprint density at radius 2 is 1.84 bits per heavy atom. The molecule has 0 radical (unpaired) electrons. The average molecular weight is 432 g/mol. The van der Waals surface area contributed by atoms with Crippen LogP contribution in [0.3, 0.4) is 0 Å². The molecule has 1 fully saturated rings. The van der Waals surface area contributed by atoms with E-state index >= 15 is 0 Å². The van der Waals surface area contributed by atoms with Crippen molar-refractivity contribution in [2.75, 3.05) is 26.2 Å².